The summed E-state index contributed by atoms with van der Waals surface area (Å²) in [7, 11) is 0. The Kier molecular flexibility index (Phi) is 4.07. The van der Waals surface area contributed by atoms with E-state index in [1.54, 1.807) is 23.1 Å². The van der Waals surface area contributed by atoms with Gasteiger partial charge < -0.3 is 10.2 Å². The SMILES string of the molecule is NCC#Cc1ccc(CSc2nc3ccccc3o2)s1. The highest BCUT2D eigenvalue weighted by Crippen LogP contribution is 2.28. The molecule has 0 bridgehead atoms. The summed E-state index contributed by atoms with van der Waals surface area (Å²) in [5.74, 6) is 6.73. The maximum Gasteiger partial charge on any atom is 0.257 e. The van der Waals surface area contributed by atoms with Gasteiger partial charge in [-0.05, 0) is 24.3 Å². The molecule has 2 heterocycles. The highest BCUT2D eigenvalue weighted by molar-refractivity contribution is 7.98. The fourth-order valence-corrected chi connectivity index (χ4v) is 3.47. The Morgan fingerprint density at radius 3 is 3.00 bits per heavy atom. The van der Waals surface area contributed by atoms with Gasteiger partial charge in [0, 0.05) is 10.6 Å². The van der Waals surface area contributed by atoms with E-state index in [0.717, 1.165) is 21.7 Å². The largest absolute Gasteiger partial charge is 0.431 e. The van der Waals surface area contributed by atoms with Crippen LogP contribution in [-0.2, 0) is 5.75 Å². The molecule has 2 N–H and O–H groups in total. The predicted molar refractivity (Wildman–Crippen MR) is 83.8 cm³/mol. The fourth-order valence-electron chi connectivity index (χ4n) is 1.71. The molecule has 0 aliphatic rings. The zero-order valence-electron chi connectivity index (χ0n) is 10.6. The summed E-state index contributed by atoms with van der Waals surface area (Å²) in [5, 5.41) is 0.703. The van der Waals surface area contributed by atoms with Gasteiger partial charge in [-0.25, -0.2) is 4.98 Å². The van der Waals surface area contributed by atoms with Gasteiger partial charge in [0.1, 0.15) is 5.52 Å². The Bertz CT molecular complexity index is 747. The molecule has 0 fully saturated rings. The van der Waals surface area contributed by atoms with E-state index in [1.807, 2.05) is 30.3 Å². The number of rotatable bonds is 3. The van der Waals surface area contributed by atoms with Gasteiger partial charge in [-0.1, -0.05) is 35.7 Å². The number of thioether (sulfide) groups is 1. The van der Waals surface area contributed by atoms with E-state index in [-0.39, 0.29) is 0 Å². The van der Waals surface area contributed by atoms with Crippen molar-refractivity contribution >= 4 is 34.2 Å². The van der Waals surface area contributed by atoms with Crippen LogP contribution in [0.2, 0.25) is 0 Å². The monoisotopic (exact) mass is 300 g/mol. The maximum absolute atomic E-state index is 5.67. The van der Waals surface area contributed by atoms with Crippen molar-refractivity contribution in [3.05, 3.63) is 46.2 Å². The quantitative estimate of drug-likeness (QED) is 0.594. The lowest BCUT2D eigenvalue weighted by molar-refractivity contribution is 0.489. The fraction of sp³-hybridized carbons (Fsp3) is 0.133. The number of hydrogen-bond donors (Lipinski definition) is 1. The average Bonchev–Trinajstić information content (AvgIpc) is 3.09. The minimum atomic E-state index is 0.394. The molecule has 2 aromatic heterocycles. The van der Waals surface area contributed by atoms with E-state index in [2.05, 4.69) is 22.9 Å². The van der Waals surface area contributed by atoms with Crippen LogP contribution < -0.4 is 5.73 Å². The molecule has 20 heavy (non-hydrogen) atoms. The first-order valence-electron chi connectivity index (χ1n) is 6.11. The standard InChI is InChI=1S/C15H12N2OS2/c16-9-3-4-11-7-8-12(20-11)10-19-15-17-13-5-1-2-6-14(13)18-15/h1-2,5-8H,9-10,16H2. The molecule has 100 valence electrons. The van der Waals surface area contributed by atoms with Gasteiger partial charge in [0.15, 0.2) is 5.58 Å². The molecule has 3 rings (SSSR count). The van der Waals surface area contributed by atoms with Crippen molar-refractivity contribution in [2.75, 3.05) is 6.54 Å². The van der Waals surface area contributed by atoms with Crippen molar-refractivity contribution in [3.8, 4) is 11.8 Å². The molecule has 0 atom stereocenters. The van der Waals surface area contributed by atoms with Crippen LogP contribution in [0, 0.1) is 11.8 Å². The summed E-state index contributed by atoms with van der Waals surface area (Å²) in [4.78, 5) is 6.73. The number of oxazole rings is 1. The molecule has 0 amide bonds. The van der Waals surface area contributed by atoms with Crippen LogP contribution >= 0.6 is 23.1 Å². The molecule has 0 saturated carbocycles. The minimum absolute atomic E-state index is 0.394. The summed E-state index contributed by atoms with van der Waals surface area (Å²) in [6.45, 7) is 0.394. The first-order chi connectivity index (χ1) is 9.85. The third kappa shape index (κ3) is 3.05. The van der Waals surface area contributed by atoms with Gasteiger partial charge >= 0.3 is 0 Å². The third-order valence-corrected chi connectivity index (χ3v) is 4.65. The van der Waals surface area contributed by atoms with Gasteiger partial charge in [0.25, 0.3) is 5.22 Å². The minimum Gasteiger partial charge on any atom is -0.431 e. The second-order valence-corrected chi connectivity index (χ2v) is 6.10. The molecular weight excluding hydrogens is 288 g/mol. The van der Waals surface area contributed by atoms with E-state index < -0.39 is 0 Å². The van der Waals surface area contributed by atoms with Gasteiger partial charge in [0.2, 0.25) is 0 Å². The molecular formula is C15H12N2OS2. The first-order valence-corrected chi connectivity index (χ1v) is 7.91. The Balaban J connectivity index is 1.68. The summed E-state index contributed by atoms with van der Waals surface area (Å²) in [5.41, 5.74) is 7.09. The number of thiophene rings is 1. The average molecular weight is 300 g/mol. The number of hydrogen-bond acceptors (Lipinski definition) is 5. The molecule has 3 aromatic rings. The van der Waals surface area contributed by atoms with Crippen molar-refractivity contribution < 1.29 is 4.42 Å². The van der Waals surface area contributed by atoms with E-state index in [4.69, 9.17) is 10.2 Å². The Labute approximate surface area is 125 Å². The highest BCUT2D eigenvalue weighted by atomic mass is 32.2. The number of nitrogens with two attached hydrogens (primary N) is 1. The van der Waals surface area contributed by atoms with Crippen LogP contribution in [0.1, 0.15) is 9.75 Å². The molecule has 0 unspecified atom stereocenters. The number of aromatic nitrogens is 1. The predicted octanol–water partition coefficient (Wildman–Crippen LogP) is 3.49. The van der Waals surface area contributed by atoms with E-state index in [1.165, 1.54) is 4.88 Å². The number of benzene rings is 1. The molecule has 0 spiro atoms. The van der Waals surface area contributed by atoms with Gasteiger partial charge in [-0.2, -0.15) is 0 Å². The highest BCUT2D eigenvalue weighted by Gasteiger charge is 2.06. The van der Waals surface area contributed by atoms with E-state index in [0.29, 0.717) is 11.8 Å². The second kappa shape index (κ2) is 6.14. The first kappa shape index (κ1) is 13.3. The van der Waals surface area contributed by atoms with Crippen LogP contribution in [0.5, 0.6) is 0 Å². The Morgan fingerprint density at radius 2 is 2.15 bits per heavy atom. The molecule has 0 saturated heterocycles. The summed E-state index contributed by atoms with van der Waals surface area (Å²) in [6.07, 6.45) is 0. The van der Waals surface area contributed by atoms with E-state index >= 15 is 0 Å². The Hall–Kier alpha value is -1.74. The molecule has 0 radical (unpaired) electrons. The molecule has 3 nitrogen and oxygen atoms in total. The lowest BCUT2D eigenvalue weighted by Crippen LogP contribution is -1.92. The maximum atomic E-state index is 5.67. The topological polar surface area (TPSA) is 52.0 Å². The smallest absolute Gasteiger partial charge is 0.257 e. The molecule has 1 aromatic carbocycles. The van der Waals surface area contributed by atoms with Crippen LogP contribution in [0.25, 0.3) is 11.1 Å². The van der Waals surface area contributed by atoms with Gasteiger partial charge in [0.05, 0.1) is 11.4 Å². The zero-order chi connectivity index (χ0) is 13.8. The van der Waals surface area contributed by atoms with Crippen LogP contribution in [-0.4, -0.2) is 11.5 Å². The van der Waals surface area contributed by atoms with Gasteiger partial charge in [-0.3, -0.25) is 0 Å². The Morgan fingerprint density at radius 1 is 1.25 bits per heavy atom. The van der Waals surface area contributed by atoms with Gasteiger partial charge in [-0.15, -0.1) is 11.3 Å². The number of fused-ring (bicyclic) bond motifs is 1. The van der Waals surface area contributed by atoms with E-state index in [9.17, 15) is 0 Å². The molecule has 0 aliphatic carbocycles. The van der Waals surface area contributed by atoms with Crippen molar-refractivity contribution in [2.45, 2.75) is 11.0 Å². The van der Waals surface area contributed by atoms with Crippen molar-refractivity contribution in [1.82, 2.24) is 4.98 Å². The molecule has 0 aliphatic heterocycles. The summed E-state index contributed by atoms with van der Waals surface area (Å²) < 4.78 is 5.67. The third-order valence-electron chi connectivity index (χ3n) is 2.59. The number of nitrogens with zero attached hydrogens (tertiary/aromatic N) is 1. The normalized spacial score (nSPS) is 10.4. The summed E-state index contributed by atoms with van der Waals surface area (Å²) >= 11 is 3.28. The lowest BCUT2D eigenvalue weighted by atomic mass is 10.3. The van der Waals surface area contributed by atoms with Crippen molar-refractivity contribution in [1.29, 1.82) is 0 Å². The van der Waals surface area contributed by atoms with Crippen LogP contribution in [0.15, 0.2) is 46.0 Å². The van der Waals surface area contributed by atoms with Crippen molar-refractivity contribution in [3.63, 3.8) is 0 Å². The van der Waals surface area contributed by atoms with Crippen LogP contribution in [0.4, 0.5) is 0 Å². The number of para-hydroxylation sites is 2. The van der Waals surface area contributed by atoms with Crippen molar-refractivity contribution in [2.24, 2.45) is 5.73 Å². The second-order valence-electron chi connectivity index (χ2n) is 4.01. The zero-order valence-corrected chi connectivity index (χ0v) is 12.3. The lowest BCUT2D eigenvalue weighted by Gasteiger charge is -1.92. The molecule has 5 heteroatoms. The summed E-state index contributed by atoms with van der Waals surface area (Å²) in [6, 6.07) is 11.9. The van der Waals surface area contributed by atoms with Crippen LogP contribution in [0.3, 0.4) is 0 Å².